The lowest BCUT2D eigenvalue weighted by Gasteiger charge is -2.16. The van der Waals surface area contributed by atoms with Gasteiger partial charge in [0.2, 0.25) is 11.7 Å². The van der Waals surface area contributed by atoms with Gasteiger partial charge >= 0.3 is 0 Å². The van der Waals surface area contributed by atoms with E-state index in [9.17, 15) is 4.79 Å². The number of hydrogen-bond donors (Lipinski definition) is 2. The SMILES string of the molecule is CCNC(=NCc1cc(OC)c(OC)c(OC)c1)NCc1ccc(N2CCCC2=O)cc1.I. The Kier molecular flexibility index (Phi) is 10.6. The summed E-state index contributed by atoms with van der Waals surface area (Å²) in [7, 11) is 4.78. The lowest BCUT2D eigenvalue weighted by atomic mass is 10.2. The Balaban J connectivity index is 0.00000385. The third-order valence-electron chi connectivity index (χ3n) is 5.27. The van der Waals surface area contributed by atoms with Crippen LogP contribution in [0.5, 0.6) is 17.2 Å². The average Bonchev–Trinajstić information content (AvgIpc) is 3.26. The van der Waals surface area contributed by atoms with Crippen LogP contribution >= 0.6 is 24.0 Å². The van der Waals surface area contributed by atoms with Gasteiger partial charge in [0.25, 0.3) is 0 Å². The van der Waals surface area contributed by atoms with Crippen molar-refractivity contribution in [2.24, 2.45) is 4.99 Å². The minimum Gasteiger partial charge on any atom is -0.493 e. The Bertz CT molecular complexity index is 925. The fraction of sp³-hybridized carbons (Fsp3) is 0.417. The number of halogens is 1. The molecule has 0 aromatic heterocycles. The molecule has 1 heterocycles. The van der Waals surface area contributed by atoms with E-state index in [0.29, 0.717) is 42.7 Å². The minimum absolute atomic E-state index is 0. The fourth-order valence-electron chi connectivity index (χ4n) is 3.64. The molecule has 1 saturated heterocycles. The van der Waals surface area contributed by atoms with E-state index in [1.165, 1.54) is 0 Å². The molecule has 3 rings (SSSR count). The molecule has 2 aromatic rings. The predicted octanol–water partition coefficient (Wildman–Crippen LogP) is 3.71. The Morgan fingerprint density at radius 3 is 2.18 bits per heavy atom. The van der Waals surface area contributed by atoms with Crippen molar-refractivity contribution in [2.75, 3.05) is 39.3 Å². The molecule has 1 amide bonds. The number of aliphatic imine (C=N–C) groups is 1. The summed E-state index contributed by atoms with van der Waals surface area (Å²) in [4.78, 5) is 18.5. The fourth-order valence-corrected chi connectivity index (χ4v) is 3.64. The summed E-state index contributed by atoms with van der Waals surface area (Å²) in [6.45, 7) is 4.64. The summed E-state index contributed by atoms with van der Waals surface area (Å²) in [5, 5.41) is 6.62. The van der Waals surface area contributed by atoms with Crippen molar-refractivity contribution in [3.8, 4) is 17.2 Å². The van der Waals surface area contributed by atoms with E-state index < -0.39 is 0 Å². The number of ether oxygens (including phenoxy) is 3. The molecule has 2 N–H and O–H groups in total. The number of carbonyl (C=O) groups excluding carboxylic acids is 1. The smallest absolute Gasteiger partial charge is 0.227 e. The number of benzene rings is 2. The van der Waals surface area contributed by atoms with Gasteiger partial charge in [0.1, 0.15) is 0 Å². The van der Waals surface area contributed by atoms with Crippen LogP contribution in [0.15, 0.2) is 41.4 Å². The van der Waals surface area contributed by atoms with Crippen LogP contribution in [0.25, 0.3) is 0 Å². The topological polar surface area (TPSA) is 84.4 Å². The summed E-state index contributed by atoms with van der Waals surface area (Å²) >= 11 is 0. The van der Waals surface area contributed by atoms with Crippen LogP contribution in [0.4, 0.5) is 5.69 Å². The van der Waals surface area contributed by atoms with Crippen LogP contribution in [0.2, 0.25) is 0 Å². The maximum atomic E-state index is 11.9. The van der Waals surface area contributed by atoms with Crippen molar-refractivity contribution in [1.29, 1.82) is 0 Å². The van der Waals surface area contributed by atoms with E-state index in [2.05, 4.69) is 15.6 Å². The van der Waals surface area contributed by atoms with Gasteiger partial charge in [-0.25, -0.2) is 4.99 Å². The maximum Gasteiger partial charge on any atom is 0.227 e. The Hall–Kier alpha value is -2.69. The molecule has 33 heavy (non-hydrogen) atoms. The van der Waals surface area contributed by atoms with Gasteiger partial charge in [-0.1, -0.05) is 12.1 Å². The standard InChI is InChI=1S/C24H32N4O4.HI/c1-5-25-24(27-16-18-13-20(30-2)23(32-4)21(14-18)31-3)26-15-17-8-10-19(11-9-17)28-12-6-7-22(28)29;/h8-11,13-14H,5-7,12,15-16H2,1-4H3,(H2,25,26,27);1H. The maximum absolute atomic E-state index is 11.9. The highest BCUT2D eigenvalue weighted by Gasteiger charge is 2.21. The first-order valence-electron chi connectivity index (χ1n) is 10.8. The molecular weight excluding hydrogens is 535 g/mol. The van der Waals surface area contributed by atoms with Crippen LogP contribution in [0.3, 0.4) is 0 Å². The van der Waals surface area contributed by atoms with Gasteiger partial charge in [-0.3, -0.25) is 4.79 Å². The molecule has 0 aliphatic carbocycles. The zero-order valence-corrected chi connectivity index (χ0v) is 22.0. The molecule has 1 aliphatic heterocycles. The van der Waals surface area contributed by atoms with Crippen LogP contribution in [0, 0.1) is 0 Å². The molecule has 0 spiro atoms. The first kappa shape index (κ1) is 26.6. The zero-order valence-electron chi connectivity index (χ0n) is 19.6. The number of anilines is 1. The first-order valence-corrected chi connectivity index (χ1v) is 10.8. The number of amides is 1. The van der Waals surface area contributed by atoms with Crippen LogP contribution in [-0.2, 0) is 17.9 Å². The van der Waals surface area contributed by atoms with Crippen molar-refractivity contribution in [2.45, 2.75) is 32.9 Å². The Morgan fingerprint density at radius 2 is 1.67 bits per heavy atom. The summed E-state index contributed by atoms with van der Waals surface area (Å²) < 4.78 is 16.2. The monoisotopic (exact) mass is 568 g/mol. The molecule has 0 atom stereocenters. The number of methoxy groups -OCH3 is 3. The lowest BCUT2D eigenvalue weighted by Crippen LogP contribution is -2.36. The van der Waals surface area contributed by atoms with Crippen LogP contribution in [0.1, 0.15) is 30.9 Å². The highest BCUT2D eigenvalue weighted by Crippen LogP contribution is 2.38. The molecular formula is C24H33IN4O4. The second-order valence-corrected chi connectivity index (χ2v) is 7.40. The highest BCUT2D eigenvalue weighted by atomic mass is 127. The molecule has 8 nitrogen and oxygen atoms in total. The number of rotatable bonds is 9. The first-order chi connectivity index (χ1) is 15.6. The molecule has 9 heteroatoms. The molecule has 0 bridgehead atoms. The van der Waals surface area contributed by atoms with E-state index in [0.717, 1.165) is 36.3 Å². The van der Waals surface area contributed by atoms with Gasteiger partial charge < -0.3 is 29.7 Å². The Labute approximate surface area is 212 Å². The number of hydrogen-bond acceptors (Lipinski definition) is 5. The molecule has 180 valence electrons. The van der Waals surface area contributed by atoms with Gasteiger partial charge in [-0.2, -0.15) is 0 Å². The van der Waals surface area contributed by atoms with E-state index in [-0.39, 0.29) is 29.9 Å². The molecule has 1 fully saturated rings. The molecule has 0 unspecified atom stereocenters. The zero-order chi connectivity index (χ0) is 22.9. The third kappa shape index (κ3) is 6.89. The van der Waals surface area contributed by atoms with E-state index in [4.69, 9.17) is 14.2 Å². The molecule has 2 aromatic carbocycles. The summed E-state index contributed by atoms with van der Waals surface area (Å²) in [6.07, 6.45) is 1.56. The predicted molar refractivity (Wildman–Crippen MR) is 141 cm³/mol. The van der Waals surface area contributed by atoms with E-state index >= 15 is 0 Å². The molecule has 0 radical (unpaired) electrons. The van der Waals surface area contributed by atoms with Crippen molar-refractivity contribution >= 4 is 41.5 Å². The second kappa shape index (κ2) is 13.1. The van der Waals surface area contributed by atoms with E-state index in [1.54, 1.807) is 21.3 Å². The minimum atomic E-state index is 0. The van der Waals surface area contributed by atoms with Gasteiger partial charge in [0.05, 0.1) is 27.9 Å². The Morgan fingerprint density at radius 1 is 1.00 bits per heavy atom. The normalized spacial score (nSPS) is 13.4. The largest absolute Gasteiger partial charge is 0.493 e. The van der Waals surface area contributed by atoms with Crippen molar-refractivity contribution in [3.63, 3.8) is 0 Å². The molecule has 1 aliphatic rings. The van der Waals surface area contributed by atoms with Gasteiger partial charge in [0, 0.05) is 31.7 Å². The average molecular weight is 568 g/mol. The third-order valence-corrected chi connectivity index (χ3v) is 5.27. The van der Waals surface area contributed by atoms with Crippen molar-refractivity contribution < 1.29 is 19.0 Å². The van der Waals surface area contributed by atoms with Gasteiger partial charge in [-0.05, 0) is 48.7 Å². The van der Waals surface area contributed by atoms with Crippen LogP contribution < -0.4 is 29.7 Å². The second-order valence-electron chi connectivity index (χ2n) is 7.40. The lowest BCUT2D eigenvalue weighted by molar-refractivity contribution is -0.117. The van der Waals surface area contributed by atoms with Gasteiger partial charge in [-0.15, -0.1) is 24.0 Å². The number of carbonyl (C=O) groups is 1. The van der Waals surface area contributed by atoms with Crippen molar-refractivity contribution in [3.05, 3.63) is 47.5 Å². The molecule has 0 saturated carbocycles. The number of nitrogens with zero attached hydrogens (tertiary/aromatic N) is 2. The quantitative estimate of drug-likeness (QED) is 0.273. The summed E-state index contributed by atoms with van der Waals surface area (Å²) in [5.74, 6) is 2.68. The highest BCUT2D eigenvalue weighted by molar-refractivity contribution is 14.0. The van der Waals surface area contributed by atoms with Crippen LogP contribution in [-0.4, -0.2) is 46.3 Å². The summed E-state index contributed by atoms with van der Waals surface area (Å²) in [5.41, 5.74) is 3.01. The van der Waals surface area contributed by atoms with Crippen molar-refractivity contribution in [1.82, 2.24) is 10.6 Å². The number of guanidine groups is 1. The summed E-state index contributed by atoms with van der Waals surface area (Å²) in [6, 6.07) is 11.9. The number of nitrogens with one attached hydrogen (secondary N) is 2. The van der Waals surface area contributed by atoms with Gasteiger partial charge in [0.15, 0.2) is 17.5 Å². The van der Waals surface area contributed by atoms with E-state index in [1.807, 2.05) is 48.2 Å².